The van der Waals surface area contributed by atoms with Crippen molar-refractivity contribution in [1.29, 1.82) is 0 Å². The second-order valence-corrected chi connectivity index (χ2v) is 7.02. The summed E-state index contributed by atoms with van der Waals surface area (Å²) in [5, 5.41) is 3.44. The summed E-state index contributed by atoms with van der Waals surface area (Å²) in [4.78, 5) is 2.57. The van der Waals surface area contributed by atoms with Gasteiger partial charge in [-0.3, -0.25) is 0 Å². The fourth-order valence-electron chi connectivity index (χ4n) is 3.22. The Morgan fingerprint density at radius 3 is 2.78 bits per heavy atom. The molecule has 0 aromatic heterocycles. The second-order valence-electron chi connectivity index (χ2n) is 5.49. The van der Waals surface area contributed by atoms with E-state index in [1.165, 1.54) is 30.5 Å². The van der Waals surface area contributed by atoms with E-state index in [9.17, 15) is 0 Å². The van der Waals surface area contributed by atoms with Crippen LogP contribution < -0.4 is 10.2 Å². The third kappa shape index (κ3) is 2.33. The van der Waals surface area contributed by atoms with E-state index in [0.717, 1.165) is 30.9 Å². The van der Waals surface area contributed by atoms with E-state index < -0.39 is 0 Å². The molecular weight excluding hydrogens is 283 g/mol. The first-order valence-electron chi connectivity index (χ1n) is 7.01. The van der Waals surface area contributed by atoms with Crippen molar-refractivity contribution in [2.24, 2.45) is 0 Å². The van der Waals surface area contributed by atoms with Gasteiger partial charge in [0.2, 0.25) is 0 Å². The predicted molar refractivity (Wildman–Crippen MR) is 77.8 cm³/mol. The number of hydrogen-bond donors (Lipinski definition) is 1. The third-order valence-corrected chi connectivity index (χ3v) is 5.19. The Bertz CT molecular complexity index is 438. The van der Waals surface area contributed by atoms with Gasteiger partial charge in [-0.05, 0) is 0 Å². The van der Waals surface area contributed by atoms with Gasteiger partial charge in [0.25, 0.3) is 0 Å². The van der Waals surface area contributed by atoms with Crippen molar-refractivity contribution in [3.05, 3.63) is 28.8 Å². The summed E-state index contributed by atoms with van der Waals surface area (Å²) in [6, 6.07) is 4.67. The van der Waals surface area contributed by atoms with E-state index in [1.54, 1.807) is 11.1 Å². The van der Waals surface area contributed by atoms with Gasteiger partial charge in [-0.2, -0.15) is 0 Å². The van der Waals surface area contributed by atoms with E-state index >= 15 is 0 Å². The van der Waals surface area contributed by atoms with Crippen LogP contribution in [0.4, 0.5) is 5.69 Å². The molecule has 1 unspecified atom stereocenters. The van der Waals surface area contributed by atoms with Gasteiger partial charge in [-0.15, -0.1) is 0 Å². The number of nitrogens with zero attached hydrogens (tertiary/aromatic N) is 1. The number of aryl methyl sites for hydroxylation is 1. The number of fused-ring (bicyclic) bond motifs is 1. The van der Waals surface area contributed by atoms with Crippen LogP contribution in [0.5, 0.6) is 0 Å². The van der Waals surface area contributed by atoms with E-state index in [1.807, 2.05) is 0 Å². The summed E-state index contributed by atoms with van der Waals surface area (Å²) < 4.78 is 0.786. The predicted octanol–water partition coefficient (Wildman–Crippen LogP) is 1.85. The Kier molecular flexibility index (Phi) is 3.68. The van der Waals surface area contributed by atoms with Gasteiger partial charge >= 0.3 is 119 Å². The van der Waals surface area contributed by atoms with Crippen LogP contribution in [0, 0.1) is 6.92 Å². The van der Waals surface area contributed by atoms with Crippen molar-refractivity contribution >= 4 is 22.5 Å². The Hall–Kier alpha value is -0.462. The molecule has 1 N–H and O–H groups in total. The van der Waals surface area contributed by atoms with Crippen molar-refractivity contribution in [3.8, 4) is 0 Å². The minimum absolute atomic E-state index is 0.786. The third-order valence-electron chi connectivity index (χ3n) is 4.27. The molecule has 1 atom stereocenters. The number of nitrogens with one attached hydrogen (secondary N) is 1. The average molecular weight is 304 g/mol. The molecular formula is C15H21AsN2. The van der Waals surface area contributed by atoms with E-state index in [-0.39, 0.29) is 0 Å². The molecule has 0 amide bonds. The van der Waals surface area contributed by atoms with Crippen molar-refractivity contribution in [2.45, 2.75) is 30.9 Å². The molecule has 1 fully saturated rings. The van der Waals surface area contributed by atoms with Gasteiger partial charge < -0.3 is 0 Å². The second kappa shape index (κ2) is 5.27. The summed E-state index contributed by atoms with van der Waals surface area (Å²) in [6.07, 6.45) is 3.84. The molecule has 0 bridgehead atoms. The topological polar surface area (TPSA) is 15.3 Å². The molecule has 1 aromatic carbocycles. The fourth-order valence-corrected chi connectivity index (χ4v) is 3.88. The van der Waals surface area contributed by atoms with Crippen LogP contribution >= 0.6 is 0 Å². The van der Waals surface area contributed by atoms with E-state index in [2.05, 4.69) is 46.1 Å². The monoisotopic (exact) mass is 304 g/mol. The minimum atomic E-state index is 0.786. The van der Waals surface area contributed by atoms with Crippen molar-refractivity contribution in [2.75, 3.05) is 31.1 Å². The maximum atomic E-state index is 3.44. The van der Waals surface area contributed by atoms with Gasteiger partial charge in [0.05, 0.1) is 0 Å². The quantitative estimate of drug-likeness (QED) is 0.797. The Morgan fingerprint density at radius 1 is 1.22 bits per heavy atom. The van der Waals surface area contributed by atoms with E-state index in [0.29, 0.717) is 0 Å². The Balaban J connectivity index is 1.98. The van der Waals surface area contributed by atoms with Crippen molar-refractivity contribution in [3.63, 3.8) is 0 Å². The molecule has 3 rings (SSSR count). The molecule has 0 spiro atoms. The molecule has 1 aliphatic heterocycles. The van der Waals surface area contributed by atoms with Crippen LogP contribution in [-0.4, -0.2) is 43.0 Å². The summed E-state index contributed by atoms with van der Waals surface area (Å²) in [5.41, 5.74) is 6.26. The molecule has 96 valence electrons. The molecule has 2 aliphatic rings. The Labute approximate surface area is 119 Å². The zero-order valence-electron chi connectivity index (χ0n) is 11.1. The van der Waals surface area contributed by atoms with Crippen LogP contribution in [0.2, 0.25) is 4.71 Å². The van der Waals surface area contributed by atoms with Gasteiger partial charge in [-0.1, -0.05) is 0 Å². The summed E-state index contributed by atoms with van der Waals surface area (Å²) in [5.74, 6) is 0. The fraction of sp³-hybridized carbons (Fsp3) is 0.600. The van der Waals surface area contributed by atoms with Gasteiger partial charge in [0.1, 0.15) is 0 Å². The summed E-state index contributed by atoms with van der Waals surface area (Å²) >= 11 is 2.87. The molecule has 1 aromatic rings. The molecule has 1 saturated heterocycles. The van der Waals surface area contributed by atoms with Crippen LogP contribution in [0.25, 0.3) is 0 Å². The van der Waals surface area contributed by atoms with Gasteiger partial charge in [0, 0.05) is 0 Å². The van der Waals surface area contributed by atoms with Crippen LogP contribution in [-0.2, 0) is 12.8 Å². The number of hydrogen-bond acceptors (Lipinski definition) is 2. The first-order chi connectivity index (χ1) is 8.75. The van der Waals surface area contributed by atoms with Crippen LogP contribution in [0.3, 0.4) is 0 Å². The first-order valence-corrected chi connectivity index (χ1v) is 8.09. The molecule has 1 aliphatic carbocycles. The van der Waals surface area contributed by atoms with Gasteiger partial charge in [-0.25, -0.2) is 0 Å². The zero-order chi connectivity index (χ0) is 12.5. The van der Waals surface area contributed by atoms with Crippen LogP contribution in [0.15, 0.2) is 12.1 Å². The normalized spacial score (nSPS) is 23.9. The molecule has 3 heteroatoms. The molecule has 1 heterocycles. The van der Waals surface area contributed by atoms with Crippen molar-refractivity contribution in [1.82, 2.24) is 5.32 Å². The maximum absolute atomic E-state index is 3.44. The zero-order valence-corrected chi connectivity index (χ0v) is 13.0. The molecule has 2 nitrogen and oxygen atoms in total. The average Bonchev–Trinajstić information content (AvgIpc) is 2.40. The van der Waals surface area contributed by atoms with Crippen LogP contribution in [0.1, 0.15) is 23.1 Å². The summed E-state index contributed by atoms with van der Waals surface area (Å²) in [6.45, 7) is 6.81. The standard InChI is InChI=1S/C15H21AsN2/c1-11-2-5-15(18-8-6-17-7-9-18)14-10-12(16)3-4-13(11)14/h2,5,12,17H,3-4,6-10H2,1H3. The number of piperazine rings is 1. The first kappa shape index (κ1) is 12.6. The molecule has 2 radical (unpaired) electrons. The summed E-state index contributed by atoms with van der Waals surface area (Å²) in [7, 11) is 0. The number of benzene rings is 1. The van der Waals surface area contributed by atoms with Gasteiger partial charge in [0.15, 0.2) is 0 Å². The Morgan fingerprint density at radius 2 is 2.00 bits per heavy atom. The van der Waals surface area contributed by atoms with Crippen molar-refractivity contribution < 1.29 is 0 Å². The molecule has 18 heavy (non-hydrogen) atoms. The van der Waals surface area contributed by atoms with E-state index in [4.69, 9.17) is 0 Å². The SMILES string of the molecule is Cc1ccc(N2CCNCC2)c2c1CCC([As])C2. The number of anilines is 1. The number of rotatable bonds is 1. The molecule has 0 saturated carbocycles.